The maximum Gasteiger partial charge on any atom is 0.271 e. The largest absolute Gasteiger partial charge is 0.497 e. The van der Waals surface area contributed by atoms with Crippen LogP contribution in [0.3, 0.4) is 0 Å². The maximum absolute atomic E-state index is 13.5. The van der Waals surface area contributed by atoms with Crippen molar-refractivity contribution in [1.29, 1.82) is 0 Å². The van der Waals surface area contributed by atoms with Crippen LogP contribution >= 0.6 is 11.6 Å². The number of nitrogens with one attached hydrogen (secondary N) is 1. The molecule has 0 heterocycles. The van der Waals surface area contributed by atoms with Gasteiger partial charge in [0.1, 0.15) is 11.6 Å². The predicted molar refractivity (Wildman–Crippen MR) is 79.5 cm³/mol. The molecule has 21 heavy (non-hydrogen) atoms. The van der Waals surface area contributed by atoms with Gasteiger partial charge in [0.2, 0.25) is 0 Å². The monoisotopic (exact) mass is 306 g/mol. The average molecular weight is 307 g/mol. The number of benzene rings is 2. The van der Waals surface area contributed by atoms with Gasteiger partial charge in [0.25, 0.3) is 5.91 Å². The van der Waals surface area contributed by atoms with Crippen molar-refractivity contribution in [3.05, 3.63) is 64.4 Å². The topological polar surface area (TPSA) is 50.7 Å². The molecule has 108 valence electrons. The van der Waals surface area contributed by atoms with E-state index in [0.29, 0.717) is 11.3 Å². The molecule has 6 heteroatoms. The third kappa shape index (κ3) is 3.79. The fraction of sp³-hybridized carbons (Fsp3) is 0.0667. The highest BCUT2D eigenvalue weighted by molar-refractivity contribution is 6.33. The van der Waals surface area contributed by atoms with Crippen LogP contribution in [0.2, 0.25) is 5.02 Å². The first-order valence-electron chi connectivity index (χ1n) is 6.03. The molecule has 0 spiro atoms. The molecular weight excluding hydrogens is 295 g/mol. The van der Waals surface area contributed by atoms with Crippen LogP contribution in [0.4, 0.5) is 4.39 Å². The summed E-state index contributed by atoms with van der Waals surface area (Å²) in [6.45, 7) is 0. The Kier molecular flexibility index (Phi) is 4.90. The van der Waals surface area contributed by atoms with E-state index >= 15 is 0 Å². The molecule has 0 aliphatic rings. The Bertz CT molecular complexity index is 669. The lowest BCUT2D eigenvalue weighted by atomic mass is 10.2. The zero-order chi connectivity index (χ0) is 15.2. The third-order valence-corrected chi connectivity index (χ3v) is 3.02. The summed E-state index contributed by atoms with van der Waals surface area (Å²) in [5, 5.41) is 3.92. The molecule has 2 aromatic carbocycles. The molecule has 0 fully saturated rings. The standard InChI is InChI=1S/C15H12ClFN2O2/c1-21-11-5-2-4-10(8-11)15(20)19-18-9-12-13(16)6-3-7-14(12)17/h2-9H,1H3,(H,19,20)/b18-9+. The van der Waals surface area contributed by atoms with Crippen LogP contribution in [0, 0.1) is 5.82 Å². The highest BCUT2D eigenvalue weighted by atomic mass is 35.5. The Morgan fingerprint density at radius 3 is 2.81 bits per heavy atom. The Morgan fingerprint density at radius 1 is 1.33 bits per heavy atom. The maximum atomic E-state index is 13.5. The Balaban J connectivity index is 2.08. The second-order valence-corrected chi connectivity index (χ2v) is 4.47. The number of amides is 1. The summed E-state index contributed by atoms with van der Waals surface area (Å²) in [5.74, 6) is -0.386. The molecule has 0 saturated heterocycles. The van der Waals surface area contributed by atoms with Gasteiger partial charge in [-0.25, -0.2) is 9.82 Å². The van der Waals surface area contributed by atoms with E-state index in [-0.39, 0.29) is 10.6 Å². The van der Waals surface area contributed by atoms with Gasteiger partial charge < -0.3 is 4.74 Å². The summed E-state index contributed by atoms with van der Waals surface area (Å²) < 4.78 is 18.5. The van der Waals surface area contributed by atoms with Gasteiger partial charge in [0, 0.05) is 11.1 Å². The number of carbonyl (C=O) groups excluding carboxylic acids is 1. The molecule has 0 bridgehead atoms. The number of rotatable bonds is 4. The van der Waals surface area contributed by atoms with Gasteiger partial charge >= 0.3 is 0 Å². The van der Waals surface area contributed by atoms with Gasteiger partial charge in [-0.15, -0.1) is 0 Å². The molecule has 1 N–H and O–H groups in total. The Hall–Kier alpha value is -2.40. The predicted octanol–water partition coefficient (Wildman–Crippen LogP) is 3.25. The molecular formula is C15H12ClFN2O2. The number of carbonyl (C=O) groups is 1. The molecule has 4 nitrogen and oxygen atoms in total. The van der Waals surface area contributed by atoms with Crippen LogP contribution in [-0.4, -0.2) is 19.2 Å². The van der Waals surface area contributed by atoms with Crippen LogP contribution in [0.5, 0.6) is 5.75 Å². The molecule has 2 rings (SSSR count). The number of methoxy groups -OCH3 is 1. The van der Waals surface area contributed by atoms with Crippen molar-refractivity contribution in [3.8, 4) is 5.75 Å². The minimum absolute atomic E-state index is 0.116. The van der Waals surface area contributed by atoms with E-state index in [1.807, 2.05) is 0 Å². The van der Waals surface area contributed by atoms with E-state index in [4.69, 9.17) is 16.3 Å². The average Bonchev–Trinajstić information content (AvgIpc) is 2.50. The fourth-order valence-electron chi connectivity index (χ4n) is 1.62. The summed E-state index contributed by atoms with van der Waals surface area (Å²) in [6, 6.07) is 10.9. The molecule has 0 unspecified atom stereocenters. The Morgan fingerprint density at radius 2 is 2.10 bits per heavy atom. The van der Waals surface area contributed by atoms with E-state index in [2.05, 4.69) is 10.5 Å². The Labute approximate surface area is 126 Å². The normalized spacial score (nSPS) is 10.6. The van der Waals surface area contributed by atoms with Gasteiger partial charge in [0.15, 0.2) is 0 Å². The van der Waals surface area contributed by atoms with Crippen molar-refractivity contribution < 1.29 is 13.9 Å². The lowest BCUT2D eigenvalue weighted by molar-refractivity contribution is 0.0955. The highest BCUT2D eigenvalue weighted by Gasteiger charge is 2.06. The van der Waals surface area contributed by atoms with Crippen molar-refractivity contribution in [2.75, 3.05) is 7.11 Å². The van der Waals surface area contributed by atoms with Gasteiger partial charge in [-0.3, -0.25) is 4.79 Å². The summed E-state index contributed by atoms with van der Waals surface area (Å²) in [4.78, 5) is 11.9. The highest BCUT2D eigenvalue weighted by Crippen LogP contribution is 2.16. The summed E-state index contributed by atoms with van der Waals surface area (Å²) in [6.07, 6.45) is 1.16. The number of nitrogens with zero attached hydrogens (tertiary/aromatic N) is 1. The molecule has 0 aromatic heterocycles. The van der Waals surface area contributed by atoms with Crippen molar-refractivity contribution in [3.63, 3.8) is 0 Å². The first-order chi connectivity index (χ1) is 10.1. The molecule has 1 amide bonds. The van der Waals surface area contributed by atoms with Crippen LogP contribution in [0.1, 0.15) is 15.9 Å². The summed E-state index contributed by atoms with van der Waals surface area (Å²) in [5.41, 5.74) is 2.80. The second-order valence-electron chi connectivity index (χ2n) is 4.07. The number of hydrogen-bond donors (Lipinski definition) is 1. The molecule has 0 aliphatic heterocycles. The molecule has 2 aromatic rings. The zero-order valence-corrected chi connectivity index (χ0v) is 11.9. The van der Waals surface area contributed by atoms with Crippen molar-refractivity contribution in [2.45, 2.75) is 0 Å². The van der Waals surface area contributed by atoms with Gasteiger partial charge in [-0.05, 0) is 30.3 Å². The SMILES string of the molecule is COc1cccc(C(=O)N/N=C/c2c(F)cccc2Cl)c1. The fourth-order valence-corrected chi connectivity index (χ4v) is 1.83. The van der Waals surface area contributed by atoms with E-state index < -0.39 is 11.7 Å². The minimum Gasteiger partial charge on any atom is -0.497 e. The van der Waals surface area contributed by atoms with E-state index in [1.54, 1.807) is 24.3 Å². The number of hydrazone groups is 1. The van der Waals surface area contributed by atoms with Gasteiger partial charge in [-0.2, -0.15) is 5.10 Å². The molecule has 0 aliphatic carbocycles. The number of halogens is 2. The summed E-state index contributed by atoms with van der Waals surface area (Å²) >= 11 is 5.84. The van der Waals surface area contributed by atoms with E-state index in [0.717, 1.165) is 6.21 Å². The van der Waals surface area contributed by atoms with Gasteiger partial charge in [-0.1, -0.05) is 23.7 Å². The van der Waals surface area contributed by atoms with Crippen LogP contribution in [0.25, 0.3) is 0 Å². The first kappa shape index (κ1) is 15.0. The van der Waals surface area contributed by atoms with Crippen molar-refractivity contribution >= 4 is 23.7 Å². The molecule has 0 saturated carbocycles. The first-order valence-corrected chi connectivity index (χ1v) is 6.41. The third-order valence-electron chi connectivity index (χ3n) is 2.69. The lowest BCUT2D eigenvalue weighted by Gasteiger charge is -2.03. The van der Waals surface area contributed by atoms with Crippen molar-refractivity contribution in [1.82, 2.24) is 5.43 Å². The summed E-state index contributed by atoms with van der Waals surface area (Å²) in [7, 11) is 1.51. The second kappa shape index (κ2) is 6.85. The lowest BCUT2D eigenvalue weighted by Crippen LogP contribution is -2.17. The van der Waals surface area contributed by atoms with Crippen LogP contribution in [-0.2, 0) is 0 Å². The molecule has 0 radical (unpaired) electrons. The van der Waals surface area contributed by atoms with E-state index in [1.165, 1.54) is 25.3 Å². The number of hydrogen-bond acceptors (Lipinski definition) is 3. The zero-order valence-electron chi connectivity index (χ0n) is 11.1. The quantitative estimate of drug-likeness (QED) is 0.696. The minimum atomic E-state index is -0.512. The van der Waals surface area contributed by atoms with Crippen LogP contribution in [0.15, 0.2) is 47.6 Å². The van der Waals surface area contributed by atoms with Crippen molar-refractivity contribution in [2.24, 2.45) is 5.10 Å². The van der Waals surface area contributed by atoms with E-state index in [9.17, 15) is 9.18 Å². The van der Waals surface area contributed by atoms with Crippen LogP contribution < -0.4 is 10.2 Å². The smallest absolute Gasteiger partial charge is 0.271 e. The van der Waals surface area contributed by atoms with Gasteiger partial charge in [0.05, 0.1) is 18.3 Å². The molecule has 0 atom stereocenters. The number of ether oxygens (including phenoxy) is 1.